The van der Waals surface area contributed by atoms with Gasteiger partial charge in [0.25, 0.3) is 0 Å². The van der Waals surface area contributed by atoms with E-state index in [0.29, 0.717) is 0 Å². The summed E-state index contributed by atoms with van der Waals surface area (Å²) in [6, 6.07) is 3.98. The molecular weight excluding hydrogens is 280 g/mol. The third-order valence-corrected chi connectivity index (χ3v) is 5.71. The van der Waals surface area contributed by atoms with Gasteiger partial charge in [0.1, 0.15) is 11.9 Å². The molecule has 2 aliphatic heterocycles. The van der Waals surface area contributed by atoms with Gasteiger partial charge in [-0.2, -0.15) is 0 Å². The summed E-state index contributed by atoms with van der Waals surface area (Å²) in [5, 5.41) is 18.5. The van der Waals surface area contributed by atoms with Crippen LogP contribution in [0, 0.1) is 0 Å². The number of aliphatic hydroxyl groups excluding tert-OH is 2. The van der Waals surface area contributed by atoms with Crippen LogP contribution in [-0.4, -0.2) is 22.1 Å². The Morgan fingerprint density at radius 3 is 2.79 bits per heavy atom. The average Bonchev–Trinajstić information content (AvgIpc) is 3.16. The molecule has 2 unspecified atom stereocenters. The van der Waals surface area contributed by atoms with Crippen LogP contribution in [0.4, 0.5) is 0 Å². The van der Waals surface area contributed by atoms with Gasteiger partial charge in [0.2, 0.25) is 0 Å². The van der Waals surface area contributed by atoms with Crippen LogP contribution in [0.25, 0.3) is 0 Å². The molecule has 0 bridgehead atoms. The molecule has 3 rings (SSSR count). The molecule has 19 heavy (non-hydrogen) atoms. The number of thioether (sulfide) groups is 1. The van der Waals surface area contributed by atoms with E-state index >= 15 is 0 Å². The van der Waals surface area contributed by atoms with Crippen molar-refractivity contribution in [3.63, 3.8) is 0 Å². The molecular formula is C14H16O3S2. The molecule has 0 radical (unpaired) electrons. The maximum absolute atomic E-state index is 9.15. The normalized spacial score (nSPS) is 26.2. The van der Waals surface area contributed by atoms with Crippen molar-refractivity contribution in [3.8, 4) is 0 Å². The lowest BCUT2D eigenvalue weighted by atomic mass is 10.2. The quantitative estimate of drug-likeness (QED) is 0.897. The Kier molecular flexibility index (Phi) is 3.98. The molecule has 0 saturated heterocycles. The van der Waals surface area contributed by atoms with E-state index in [1.165, 1.54) is 0 Å². The van der Waals surface area contributed by atoms with Crippen LogP contribution in [0.15, 0.2) is 34.9 Å². The molecule has 102 valence electrons. The van der Waals surface area contributed by atoms with Gasteiger partial charge in [0.05, 0.1) is 13.2 Å². The average molecular weight is 296 g/mol. The lowest BCUT2D eigenvalue weighted by molar-refractivity contribution is 0.157. The Morgan fingerprint density at radius 2 is 2.11 bits per heavy atom. The zero-order valence-electron chi connectivity index (χ0n) is 10.4. The van der Waals surface area contributed by atoms with Gasteiger partial charge >= 0.3 is 0 Å². The van der Waals surface area contributed by atoms with Crippen LogP contribution >= 0.6 is 23.1 Å². The van der Waals surface area contributed by atoms with E-state index in [0.717, 1.165) is 33.3 Å². The Labute approximate surface area is 120 Å². The Morgan fingerprint density at radius 1 is 1.21 bits per heavy atom. The molecule has 2 aliphatic rings. The molecule has 3 nitrogen and oxygen atoms in total. The van der Waals surface area contributed by atoms with E-state index < -0.39 is 0 Å². The Balaban J connectivity index is 1.63. The summed E-state index contributed by atoms with van der Waals surface area (Å²) in [5.74, 6) is 0.949. The highest BCUT2D eigenvalue weighted by Gasteiger charge is 2.27. The van der Waals surface area contributed by atoms with Crippen LogP contribution in [0.1, 0.15) is 28.7 Å². The van der Waals surface area contributed by atoms with Gasteiger partial charge in [-0.3, -0.25) is 0 Å². The largest absolute Gasteiger partial charge is 0.484 e. The van der Waals surface area contributed by atoms with Crippen molar-refractivity contribution < 1.29 is 14.9 Å². The fourth-order valence-electron chi connectivity index (χ4n) is 2.23. The molecule has 0 amide bonds. The van der Waals surface area contributed by atoms with Gasteiger partial charge in [0, 0.05) is 26.3 Å². The van der Waals surface area contributed by atoms with Crippen LogP contribution in [0.5, 0.6) is 0 Å². The number of thiophene rings is 1. The molecule has 1 aromatic heterocycles. The number of rotatable bonds is 4. The predicted octanol–water partition coefficient (Wildman–Crippen LogP) is 2.97. The lowest BCUT2D eigenvalue weighted by Gasteiger charge is -2.12. The molecule has 0 fully saturated rings. The minimum atomic E-state index is 0.0787. The van der Waals surface area contributed by atoms with Crippen LogP contribution in [0.2, 0.25) is 0 Å². The highest BCUT2D eigenvalue weighted by molar-refractivity contribution is 8.04. The number of ether oxygens (including phenoxy) is 1. The Bertz CT molecular complexity index is 519. The number of hydrogen-bond acceptors (Lipinski definition) is 5. The second-order valence-corrected chi connectivity index (χ2v) is 7.14. The van der Waals surface area contributed by atoms with Crippen molar-refractivity contribution in [2.45, 2.75) is 30.8 Å². The first-order chi connectivity index (χ1) is 9.30. The zero-order chi connectivity index (χ0) is 13.2. The van der Waals surface area contributed by atoms with Crippen LogP contribution < -0.4 is 0 Å². The van der Waals surface area contributed by atoms with Crippen molar-refractivity contribution in [3.05, 3.63) is 44.7 Å². The highest BCUT2D eigenvalue weighted by Crippen LogP contribution is 2.43. The van der Waals surface area contributed by atoms with E-state index in [1.54, 1.807) is 23.1 Å². The van der Waals surface area contributed by atoms with Gasteiger partial charge < -0.3 is 14.9 Å². The Hall–Kier alpha value is -0.750. The monoisotopic (exact) mass is 296 g/mol. The van der Waals surface area contributed by atoms with E-state index in [4.69, 9.17) is 14.9 Å². The topological polar surface area (TPSA) is 49.7 Å². The maximum Gasteiger partial charge on any atom is 0.136 e. The second-order valence-electron chi connectivity index (χ2n) is 4.60. The number of aliphatic hydroxyl groups is 2. The van der Waals surface area contributed by atoms with Crippen molar-refractivity contribution >= 4 is 23.1 Å². The van der Waals surface area contributed by atoms with Crippen LogP contribution in [-0.2, 0) is 11.3 Å². The summed E-state index contributed by atoms with van der Waals surface area (Å²) in [4.78, 5) is 3.29. The summed E-state index contributed by atoms with van der Waals surface area (Å²) in [6.07, 6.45) is 6.14. The molecule has 5 heteroatoms. The van der Waals surface area contributed by atoms with Crippen molar-refractivity contribution in [1.82, 2.24) is 0 Å². The third-order valence-electron chi connectivity index (χ3n) is 3.25. The second kappa shape index (κ2) is 5.71. The summed E-state index contributed by atoms with van der Waals surface area (Å²) >= 11 is 3.30. The van der Waals surface area contributed by atoms with Gasteiger partial charge in [-0.05, 0) is 24.6 Å². The van der Waals surface area contributed by atoms with Gasteiger partial charge in [-0.1, -0.05) is 6.08 Å². The van der Waals surface area contributed by atoms with E-state index in [2.05, 4.69) is 12.2 Å². The fraction of sp³-hybridized carbons (Fsp3) is 0.429. The minimum absolute atomic E-state index is 0.0787. The molecule has 2 atom stereocenters. The van der Waals surface area contributed by atoms with Crippen molar-refractivity contribution in [2.24, 2.45) is 0 Å². The van der Waals surface area contributed by atoms with E-state index in [1.807, 2.05) is 12.1 Å². The SMILES string of the molecule is OCc1ccc(C2CC=C(C3=CCC(CO)S3)O2)s1. The van der Waals surface area contributed by atoms with Gasteiger partial charge in [0.15, 0.2) is 0 Å². The predicted molar refractivity (Wildman–Crippen MR) is 77.9 cm³/mol. The van der Waals surface area contributed by atoms with Gasteiger partial charge in [-0.15, -0.1) is 23.1 Å². The lowest BCUT2D eigenvalue weighted by Crippen LogP contribution is -2.02. The van der Waals surface area contributed by atoms with Crippen LogP contribution in [0.3, 0.4) is 0 Å². The molecule has 2 N–H and O–H groups in total. The summed E-state index contributed by atoms with van der Waals surface area (Å²) in [5.41, 5.74) is 0. The first-order valence-corrected chi connectivity index (χ1v) is 8.04. The zero-order valence-corrected chi connectivity index (χ0v) is 12.0. The molecule has 0 spiro atoms. The first kappa shape index (κ1) is 13.2. The fourth-order valence-corrected chi connectivity index (χ4v) is 4.22. The summed E-state index contributed by atoms with van der Waals surface area (Å²) < 4.78 is 6.00. The highest BCUT2D eigenvalue weighted by atomic mass is 32.2. The summed E-state index contributed by atoms with van der Waals surface area (Å²) in [6.45, 7) is 0.309. The molecule has 0 saturated carbocycles. The maximum atomic E-state index is 9.15. The molecule has 0 aromatic carbocycles. The molecule has 3 heterocycles. The minimum Gasteiger partial charge on any atom is -0.484 e. The van der Waals surface area contributed by atoms with Crippen molar-refractivity contribution in [2.75, 3.05) is 6.61 Å². The first-order valence-electron chi connectivity index (χ1n) is 6.34. The smallest absolute Gasteiger partial charge is 0.136 e. The molecule has 0 aliphatic carbocycles. The standard InChI is InChI=1S/C14H16O3S2/c15-7-9-1-5-13(18-9)11-3-4-12(17-11)14-6-2-10(8-16)19-14/h1,4-6,10-11,15-16H,2-3,7-8H2. The van der Waals surface area contributed by atoms with Gasteiger partial charge in [-0.25, -0.2) is 0 Å². The molecule has 1 aromatic rings. The summed E-state index contributed by atoms with van der Waals surface area (Å²) in [7, 11) is 0. The number of hydrogen-bond donors (Lipinski definition) is 2. The number of allylic oxidation sites excluding steroid dienone is 1. The van der Waals surface area contributed by atoms with Crippen molar-refractivity contribution in [1.29, 1.82) is 0 Å². The van der Waals surface area contributed by atoms with E-state index in [-0.39, 0.29) is 24.6 Å². The third kappa shape index (κ3) is 2.74. The van der Waals surface area contributed by atoms with E-state index in [9.17, 15) is 0 Å².